The fourth-order valence-electron chi connectivity index (χ4n) is 1.46. The third-order valence-corrected chi connectivity index (χ3v) is 2.17. The van der Waals surface area contributed by atoms with Crippen molar-refractivity contribution in [1.82, 2.24) is 4.90 Å². The topological polar surface area (TPSA) is 49.8 Å². The minimum Gasteiger partial charge on any atom is -0.394 e. The predicted molar refractivity (Wildman–Crippen MR) is 48.3 cm³/mol. The molecule has 0 saturated carbocycles. The van der Waals surface area contributed by atoms with Crippen molar-refractivity contribution in [1.29, 1.82) is 0 Å². The molecule has 4 nitrogen and oxygen atoms in total. The molecule has 0 spiro atoms. The van der Waals surface area contributed by atoms with Crippen LogP contribution in [0.25, 0.3) is 0 Å². The molecular weight excluding hydrogens is 170 g/mol. The van der Waals surface area contributed by atoms with Gasteiger partial charge in [-0.3, -0.25) is 4.79 Å². The molecule has 1 fully saturated rings. The Balaban J connectivity index is 2.13. The molecule has 0 unspecified atom stereocenters. The van der Waals surface area contributed by atoms with Crippen LogP contribution in [0.15, 0.2) is 0 Å². The van der Waals surface area contributed by atoms with E-state index in [-0.39, 0.29) is 25.7 Å². The number of hydrogen-bond donors (Lipinski definition) is 1. The van der Waals surface area contributed by atoms with Gasteiger partial charge in [0.15, 0.2) is 0 Å². The fraction of sp³-hybridized carbons (Fsp3) is 0.889. The number of hydrogen-bond acceptors (Lipinski definition) is 3. The minimum absolute atomic E-state index is 0.0206. The SMILES string of the molecule is O=C(COCCO)N1CCCCC1. The summed E-state index contributed by atoms with van der Waals surface area (Å²) in [5.74, 6) is 0.0492. The third kappa shape index (κ3) is 3.74. The second-order valence-corrected chi connectivity index (χ2v) is 3.22. The molecule has 1 saturated heterocycles. The molecule has 1 aliphatic heterocycles. The maximum Gasteiger partial charge on any atom is 0.248 e. The highest BCUT2D eigenvalue weighted by Gasteiger charge is 2.15. The van der Waals surface area contributed by atoms with Gasteiger partial charge in [-0.05, 0) is 19.3 Å². The Labute approximate surface area is 78.5 Å². The number of carbonyl (C=O) groups is 1. The van der Waals surface area contributed by atoms with Gasteiger partial charge >= 0.3 is 0 Å². The van der Waals surface area contributed by atoms with Gasteiger partial charge in [-0.1, -0.05) is 0 Å². The van der Waals surface area contributed by atoms with Crippen LogP contribution in [0, 0.1) is 0 Å². The lowest BCUT2D eigenvalue weighted by Crippen LogP contribution is -2.38. The van der Waals surface area contributed by atoms with Crippen LogP contribution in [0.4, 0.5) is 0 Å². The zero-order valence-corrected chi connectivity index (χ0v) is 7.87. The van der Waals surface area contributed by atoms with Gasteiger partial charge < -0.3 is 14.7 Å². The van der Waals surface area contributed by atoms with E-state index in [1.165, 1.54) is 6.42 Å². The van der Waals surface area contributed by atoms with Crippen molar-refractivity contribution in [3.05, 3.63) is 0 Å². The lowest BCUT2D eigenvalue weighted by Gasteiger charge is -2.26. The van der Waals surface area contributed by atoms with Gasteiger partial charge in [0.1, 0.15) is 6.61 Å². The average Bonchev–Trinajstić information content (AvgIpc) is 2.19. The second kappa shape index (κ2) is 5.94. The van der Waals surface area contributed by atoms with Crippen LogP contribution < -0.4 is 0 Å². The summed E-state index contributed by atoms with van der Waals surface area (Å²) in [6.45, 7) is 2.07. The monoisotopic (exact) mass is 187 g/mol. The van der Waals surface area contributed by atoms with Crippen molar-refractivity contribution in [2.45, 2.75) is 19.3 Å². The number of nitrogens with zero attached hydrogens (tertiary/aromatic N) is 1. The summed E-state index contributed by atoms with van der Waals surface area (Å²) in [4.78, 5) is 13.2. The molecule has 0 aliphatic carbocycles. The second-order valence-electron chi connectivity index (χ2n) is 3.22. The van der Waals surface area contributed by atoms with E-state index in [1.807, 2.05) is 4.90 Å². The molecule has 13 heavy (non-hydrogen) atoms. The van der Waals surface area contributed by atoms with Crippen molar-refractivity contribution in [3.8, 4) is 0 Å². The van der Waals surface area contributed by atoms with E-state index in [2.05, 4.69) is 0 Å². The highest BCUT2D eigenvalue weighted by molar-refractivity contribution is 5.77. The summed E-state index contributed by atoms with van der Waals surface area (Å²) in [6, 6.07) is 0. The lowest BCUT2D eigenvalue weighted by atomic mass is 10.1. The molecule has 1 N–H and O–H groups in total. The van der Waals surface area contributed by atoms with Crippen molar-refractivity contribution >= 4 is 5.91 Å². The summed E-state index contributed by atoms with van der Waals surface area (Å²) >= 11 is 0. The minimum atomic E-state index is -0.0206. The molecule has 0 aromatic heterocycles. The number of carbonyl (C=O) groups excluding carboxylic acids is 1. The Hall–Kier alpha value is -0.610. The van der Waals surface area contributed by atoms with Crippen LogP contribution in [0.3, 0.4) is 0 Å². The molecule has 1 heterocycles. The van der Waals surface area contributed by atoms with Gasteiger partial charge in [-0.25, -0.2) is 0 Å². The van der Waals surface area contributed by atoms with Crippen molar-refractivity contribution < 1.29 is 14.6 Å². The van der Waals surface area contributed by atoms with Crippen LogP contribution in [-0.2, 0) is 9.53 Å². The Morgan fingerprint density at radius 2 is 2.00 bits per heavy atom. The third-order valence-electron chi connectivity index (χ3n) is 2.17. The zero-order valence-electron chi connectivity index (χ0n) is 7.87. The van der Waals surface area contributed by atoms with Gasteiger partial charge in [0.25, 0.3) is 0 Å². The first-order valence-corrected chi connectivity index (χ1v) is 4.81. The van der Waals surface area contributed by atoms with E-state index in [0.29, 0.717) is 0 Å². The zero-order chi connectivity index (χ0) is 9.52. The molecule has 0 bridgehead atoms. The van der Waals surface area contributed by atoms with Crippen molar-refractivity contribution in [2.24, 2.45) is 0 Å². The number of aliphatic hydroxyl groups is 1. The number of ether oxygens (including phenoxy) is 1. The van der Waals surface area contributed by atoms with Gasteiger partial charge in [0.2, 0.25) is 5.91 Å². The van der Waals surface area contributed by atoms with Crippen LogP contribution in [-0.4, -0.2) is 48.8 Å². The molecule has 0 radical (unpaired) electrons. The Bertz CT molecular complexity index is 155. The molecule has 0 atom stereocenters. The summed E-state index contributed by atoms with van der Waals surface area (Å²) < 4.78 is 4.96. The largest absolute Gasteiger partial charge is 0.394 e. The quantitative estimate of drug-likeness (QED) is 0.631. The molecule has 1 aliphatic rings. The summed E-state index contributed by atoms with van der Waals surface area (Å²) in [5.41, 5.74) is 0. The maximum absolute atomic E-state index is 11.4. The molecule has 0 aromatic carbocycles. The van der Waals surface area contributed by atoms with E-state index < -0.39 is 0 Å². The number of aliphatic hydroxyl groups excluding tert-OH is 1. The fourth-order valence-corrected chi connectivity index (χ4v) is 1.46. The van der Waals surface area contributed by atoms with E-state index >= 15 is 0 Å². The highest BCUT2D eigenvalue weighted by atomic mass is 16.5. The maximum atomic E-state index is 11.4. The van der Waals surface area contributed by atoms with Crippen molar-refractivity contribution in [2.75, 3.05) is 32.9 Å². The molecule has 0 aromatic rings. The van der Waals surface area contributed by atoms with Crippen molar-refractivity contribution in [3.63, 3.8) is 0 Å². The molecule has 4 heteroatoms. The van der Waals surface area contributed by atoms with Gasteiger partial charge in [0.05, 0.1) is 13.2 Å². The van der Waals surface area contributed by atoms with E-state index in [4.69, 9.17) is 9.84 Å². The molecular formula is C9H17NO3. The standard InChI is InChI=1S/C9H17NO3/c11-6-7-13-8-9(12)10-4-2-1-3-5-10/h11H,1-8H2. The molecule has 1 rings (SSSR count). The Kier molecular flexibility index (Phi) is 4.78. The number of rotatable bonds is 4. The first-order valence-electron chi connectivity index (χ1n) is 4.81. The van der Waals surface area contributed by atoms with Crippen LogP contribution >= 0.6 is 0 Å². The van der Waals surface area contributed by atoms with Crippen LogP contribution in [0.5, 0.6) is 0 Å². The average molecular weight is 187 g/mol. The predicted octanol–water partition coefficient (Wildman–Crippen LogP) is 0.00780. The first-order chi connectivity index (χ1) is 6.34. The van der Waals surface area contributed by atoms with Gasteiger partial charge in [0, 0.05) is 13.1 Å². The molecule has 1 amide bonds. The van der Waals surface area contributed by atoms with E-state index in [1.54, 1.807) is 0 Å². The van der Waals surface area contributed by atoms with Crippen LogP contribution in [0.1, 0.15) is 19.3 Å². The molecule has 76 valence electrons. The Morgan fingerprint density at radius 3 is 2.62 bits per heavy atom. The smallest absolute Gasteiger partial charge is 0.248 e. The summed E-state index contributed by atoms with van der Waals surface area (Å²) in [7, 11) is 0. The Morgan fingerprint density at radius 1 is 1.31 bits per heavy atom. The highest BCUT2D eigenvalue weighted by Crippen LogP contribution is 2.08. The summed E-state index contributed by atoms with van der Waals surface area (Å²) in [6.07, 6.45) is 3.43. The first kappa shape index (κ1) is 10.5. The normalized spacial score (nSPS) is 17.5. The van der Waals surface area contributed by atoms with Gasteiger partial charge in [-0.15, -0.1) is 0 Å². The summed E-state index contributed by atoms with van der Waals surface area (Å²) in [5, 5.41) is 8.44. The van der Waals surface area contributed by atoms with E-state index in [9.17, 15) is 4.79 Å². The number of piperidine rings is 1. The van der Waals surface area contributed by atoms with Gasteiger partial charge in [-0.2, -0.15) is 0 Å². The number of likely N-dealkylation sites (tertiary alicyclic amines) is 1. The number of amides is 1. The van der Waals surface area contributed by atoms with Crippen LogP contribution in [0.2, 0.25) is 0 Å². The van der Waals surface area contributed by atoms with E-state index in [0.717, 1.165) is 25.9 Å². The lowest BCUT2D eigenvalue weighted by molar-refractivity contribution is -0.137.